The lowest BCUT2D eigenvalue weighted by Crippen LogP contribution is -2.03. The fourth-order valence-electron chi connectivity index (χ4n) is 7.94. The molecule has 0 unspecified atom stereocenters. The fourth-order valence-corrected chi connectivity index (χ4v) is 7.94. The van der Waals surface area contributed by atoms with Crippen molar-refractivity contribution in [1.29, 1.82) is 0 Å². The van der Waals surface area contributed by atoms with Crippen LogP contribution < -0.4 is 0 Å². The largest absolute Gasteiger partial charge is 0.316 e. The number of hydrogen-bond acceptors (Lipinski definition) is 2. The molecule has 0 atom stereocenters. The molecule has 0 aliphatic carbocycles. The molecular formula is C48H32N6. The number of nitrogens with zero attached hydrogens (tertiary/aromatic N) is 6. The zero-order valence-electron chi connectivity index (χ0n) is 29.2. The first-order chi connectivity index (χ1) is 26.8. The third kappa shape index (κ3) is 4.81. The first kappa shape index (κ1) is 30.2. The summed E-state index contributed by atoms with van der Waals surface area (Å²) in [7, 11) is 0. The van der Waals surface area contributed by atoms with Crippen LogP contribution in [0.2, 0.25) is 0 Å². The SMILES string of the molecule is c1ccc2c(c1)ccn2-c1cc(-c2ccc(-n3ncc4ccccc43)cc2)c(-n2ccc3ccccc32)cc1-c1ccc(-n2ncc3ccccc32)cc1. The van der Waals surface area contributed by atoms with Crippen LogP contribution in [-0.2, 0) is 0 Å². The van der Waals surface area contributed by atoms with Crippen molar-refractivity contribution in [2.45, 2.75) is 0 Å². The molecule has 0 amide bonds. The maximum atomic E-state index is 4.72. The molecule has 0 N–H and O–H groups in total. The Morgan fingerprint density at radius 2 is 0.704 bits per heavy atom. The van der Waals surface area contributed by atoms with Gasteiger partial charge in [0.1, 0.15) is 0 Å². The van der Waals surface area contributed by atoms with Crippen molar-refractivity contribution in [2.24, 2.45) is 0 Å². The molecule has 0 radical (unpaired) electrons. The number of fused-ring (bicyclic) bond motifs is 4. The molecule has 0 saturated heterocycles. The molecule has 0 aliphatic heterocycles. The lowest BCUT2D eigenvalue weighted by atomic mass is 9.95. The third-order valence-corrected chi connectivity index (χ3v) is 10.6. The zero-order valence-corrected chi connectivity index (χ0v) is 29.2. The highest BCUT2D eigenvalue weighted by atomic mass is 15.3. The van der Waals surface area contributed by atoms with Crippen molar-refractivity contribution in [1.82, 2.24) is 28.7 Å². The average Bonchev–Trinajstić information content (AvgIpc) is 4.05. The second-order valence-corrected chi connectivity index (χ2v) is 13.7. The number of hydrogen-bond donors (Lipinski definition) is 0. The molecule has 0 spiro atoms. The first-order valence-corrected chi connectivity index (χ1v) is 18.1. The van der Waals surface area contributed by atoms with Gasteiger partial charge in [0.25, 0.3) is 0 Å². The highest BCUT2D eigenvalue weighted by Gasteiger charge is 2.19. The van der Waals surface area contributed by atoms with Crippen molar-refractivity contribution >= 4 is 43.6 Å². The molecular weight excluding hydrogens is 661 g/mol. The highest BCUT2D eigenvalue weighted by Crippen LogP contribution is 2.40. The minimum absolute atomic E-state index is 1.02. The van der Waals surface area contributed by atoms with Gasteiger partial charge in [0.05, 0.1) is 57.2 Å². The van der Waals surface area contributed by atoms with E-state index < -0.39 is 0 Å². The van der Waals surface area contributed by atoms with Gasteiger partial charge in [-0.15, -0.1) is 0 Å². The molecule has 4 aromatic heterocycles. The summed E-state index contributed by atoms with van der Waals surface area (Å²) in [4.78, 5) is 0. The highest BCUT2D eigenvalue weighted by molar-refractivity contribution is 5.92. The Bertz CT molecular complexity index is 2940. The van der Waals surface area contributed by atoms with Crippen LogP contribution in [0.15, 0.2) is 195 Å². The Labute approximate surface area is 311 Å². The van der Waals surface area contributed by atoms with E-state index in [1.807, 2.05) is 21.8 Å². The van der Waals surface area contributed by atoms with Gasteiger partial charge in [0.15, 0.2) is 0 Å². The molecule has 0 aliphatic rings. The van der Waals surface area contributed by atoms with Gasteiger partial charge < -0.3 is 9.13 Å². The maximum absolute atomic E-state index is 4.72. The molecule has 11 aromatic rings. The summed E-state index contributed by atoms with van der Waals surface area (Å²) in [6.45, 7) is 0. The Kier molecular flexibility index (Phi) is 6.75. The van der Waals surface area contributed by atoms with E-state index in [2.05, 4.69) is 191 Å². The second-order valence-electron chi connectivity index (χ2n) is 13.7. The van der Waals surface area contributed by atoms with E-state index in [0.717, 1.165) is 77.8 Å². The Balaban J connectivity index is 1.13. The molecule has 0 fully saturated rings. The Morgan fingerprint density at radius 3 is 1.13 bits per heavy atom. The molecule has 4 heterocycles. The van der Waals surface area contributed by atoms with Gasteiger partial charge >= 0.3 is 0 Å². The summed E-state index contributed by atoms with van der Waals surface area (Å²) in [5.74, 6) is 0. The molecule has 11 rings (SSSR count). The van der Waals surface area contributed by atoms with E-state index in [1.54, 1.807) is 0 Å². The molecule has 6 nitrogen and oxygen atoms in total. The van der Waals surface area contributed by atoms with Gasteiger partial charge in [0, 0.05) is 34.3 Å². The van der Waals surface area contributed by atoms with Crippen LogP contribution in [0.3, 0.4) is 0 Å². The van der Waals surface area contributed by atoms with Gasteiger partial charge in [-0.1, -0.05) is 97.1 Å². The van der Waals surface area contributed by atoms with Crippen LogP contribution in [0, 0.1) is 0 Å². The maximum Gasteiger partial charge on any atom is 0.0741 e. The molecule has 0 bridgehead atoms. The lowest BCUT2D eigenvalue weighted by molar-refractivity contribution is 0.911. The van der Waals surface area contributed by atoms with Crippen molar-refractivity contribution < 1.29 is 0 Å². The minimum atomic E-state index is 1.02. The fraction of sp³-hybridized carbons (Fsp3) is 0. The topological polar surface area (TPSA) is 45.5 Å². The molecule has 54 heavy (non-hydrogen) atoms. The van der Waals surface area contributed by atoms with Gasteiger partial charge in [-0.3, -0.25) is 0 Å². The minimum Gasteiger partial charge on any atom is -0.316 e. The quantitative estimate of drug-likeness (QED) is 0.174. The summed E-state index contributed by atoms with van der Waals surface area (Å²) in [5.41, 5.74) is 13.2. The molecule has 254 valence electrons. The summed E-state index contributed by atoms with van der Waals surface area (Å²) >= 11 is 0. The monoisotopic (exact) mass is 692 g/mol. The average molecular weight is 693 g/mol. The van der Waals surface area contributed by atoms with E-state index in [9.17, 15) is 0 Å². The van der Waals surface area contributed by atoms with Gasteiger partial charge in [-0.05, 0) is 94.7 Å². The normalized spacial score (nSPS) is 11.7. The van der Waals surface area contributed by atoms with E-state index in [0.29, 0.717) is 0 Å². The Hall–Kier alpha value is -7.44. The standard InChI is InChI=1S/C48H32N6/c1-5-13-43-35(9-1)25-27-51(43)47-29-42(34-19-23-40(24-20-34)54-46-16-8-4-12-38(46)32-50-54)48(52-28-26-36-10-2-6-14-44(36)52)30-41(47)33-17-21-39(22-18-33)53-45-15-7-3-11-37(45)31-49-53/h1-32H. The number of benzene rings is 7. The molecule has 6 heteroatoms. The van der Waals surface area contributed by atoms with Crippen molar-refractivity contribution in [2.75, 3.05) is 0 Å². The third-order valence-electron chi connectivity index (χ3n) is 10.6. The Morgan fingerprint density at radius 1 is 0.333 bits per heavy atom. The summed E-state index contributed by atoms with van der Waals surface area (Å²) < 4.78 is 8.67. The number of para-hydroxylation sites is 4. The smallest absolute Gasteiger partial charge is 0.0741 e. The van der Waals surface area contributed by atoms with Crippen LogP contribution in [0.4, 0.5) is 0 Å². The molecule has 0 saturated carbocycles. The molecule has 7 aromatic carbocycles. The summed E-state index contributed by atoms with van der Waals surface area (Å²) in [6, 6.07) is 60.5. The van der Waals surface area contributed by atoms with Gasteiger partial charge in [0.2, 0.25) is 0 Å². The van der Waals surface area contributed by atoms with Crippen LogP contribution in [-0.4, -0.2) is 28.7 Å². The zero-order chi connectivity index (χ0) is 35.6. The van der Waals surface area contributed by atoms with E-state index in [-0.39, 0.29) is 0 Å². The predicted octanol–water partition coefficient (Wildman–Crippen LogP) is 11.6. The van der Waals surface area contributed by atoms with Crippen LogP contribution in [0.25, 0.3) is 88.6 Å². The first-order valence-electron chi connectivity index (χ1n) is 18.1. The van der Waals surface area contributed by atoms with Crippen LogP contribution in [0.1, 0.15) is 0 Å². The van der Waals surface area contributed by atoms with Crippen LogP contribution >= 0.6 is 0 Å². The lowest BCUT2D eigenvalue weighted by Gasteiger charge is -2.20. The summed E-state index contributed by atoms with van der Waals surface area (Å²) in [6.07, 6.45) is 8.23. The summed E-state index contributed by atoms with van der Waals surface area (Å²) in [5, 5.41) is 14.1. The van der Waals surface area contributed by atoms with Gasteiger partial charge in [-0.2, -0.15) is 10.2 Å². The number of aromatic nitrogens is 6. The van der Waals surface area contributed by atoms with Gasteiger partial charge in [-0.25, -0.2) is 9.36 Å². The van der Waals surface area contributed by atoms with Crippen molar-refractivity contribution in [3.05, 3.63) is 195 Å². The number of rotatable bonds is 6. The van der Waals surface area contributed by atoms with E-state index in [1.165, 1.54) is 10.8 Å². The van der Waals surface area contributed by atoms with Crippen LogP contribution in [0.5, 0.6) is 0 Å². The van der Waals surface area contributed by atoms with Crippen molar-refractivity contribution in [3.8, 4) is 45.0 Å². The second kappa shape index (κ2) is 12.1. The van der Waals surface area contributed by atoms with Crippen molar-refractivity contribution in [3.63, 3.8) is 0 Å². The van der Waals surface area contributed by atoms with E-state index >= 15 is 0 Å². The predicted molar refractivity (Wildman–Crippen MR) is 220 cm³/mol. The van der Waals surface area contributed by atoms with E-state index in [4.69, 9.17) is 10.2 Å².